The van der Waals surface area contributed by atoms with Crippen molar-refractivity contribution in [2.24, 2.45) is 0 Å². The maximum Gasteiger partial charge on any atom is 0.278 e. The van der Waals surface area contributed by atoms with E-state index < -0.39 is 0 Å². The number of ether oxygens (including phenoxy) is 1. The van der Waals surface area contributed by atoms with Gasteiger partial charge in [0.25, 0.3) is 5.91 Å². The van der Waals surface area contributed by atoms with E-state index >= 15 is 0 Å². The van der Waals surface area contributed by atoms with E-state index in [0.717, 1.165) is 22.6 Å². The molecule has 2 heterocycles. The topological polar surface area (TPSA) is 82.2 Å². The molecule has 0 aliphatic rings. The lowest BCUT2D eigenvalue weighted by atomic mass is 10.2. The summed E-state index contributed by atoms with van der Waals surface area (Å²) in [5.74, 6) is 0.882. The first-order chi connectivity index (χ1) is 16.2. The van der Waals surface area contributed by atoms with Gasteiger partial charge in [-0.2, -0.15) is 5.10 Å². The number of nitrogens with one attached hydrogen (secondary N) is 1. The van der Waals surface area contributed by atoms with Crippen molar-refractivity contribution in [3.63, 3.8) is 0 Å². The molecule has 0 spiro atoms. The summed E-state index contributed by atoms with van der Waals surface area (Å²) in [5, 5.41) is 12.5. The number of hydrogen-bond donors (Lipinski definition) is 1. The van der Waals surface area contributed by atoms with E-state index in [1.165, 1.54) is 0 Å². The molecule has 2 aromatic carbocycles. The highest BCUT2D eigenvalue weighted by Crippen LogP contribution is 2.26. The van der Waals surface area contributed by atoms with Crippen molar-refractivity contribution in [1.82, 2.24) is 14.9 Å². The monoisotopic (exact) mass is 498 g/mol. The van der Waals surface area contributed by atoms with Crippen LogP contribution in [-0.2, 0) is 13.2 Å². The van der Waals surface area contributed by atoms with Crippen LogP contribution in [0, 0.1) is 27.7 Å². The molecule has 34 heavy (non-hydrogen) atoms. The van der Waals surface area contributed by atoms with Crippen LogP contribution >= 0.6 is 23.2 Å². The number of benzene rings is 2. The normalized spacial score (nSPS) is 11.0. The zero-order chi connectivity index (χ0) is 24.4. The van der Waals surface area contributed by atoms with Crippen LogP contribution in [0.2, 0.25) is 10.0 Å². The third-order valence-electron chi connectivity index (χ3n) is 5.60. The maximum atomic E-state index is 13.1. The fourth-order valence-corrected chi connectivity index (χ4v) is 3.94. The zero-order valence-corrected chi connectivity index (χ0v) is 20.8. The highest BCUT2D eigenvalue weighted by molar-refractivity contribution is 6.42. The lowest BCUT2D eigenvalue weighted by Crippen LogP contribution is -2.16. The van der Waals surface area contributed by atoms with Gasteiger partial charge in [-0.1, -0.05) is 52.6 Å². The number of carbonyl (C=O) groups is 1. The Labute approximate surface area is 207 Å². The van der Waals surface area contributed by atoms with Crippen LogP contribution in [0.25, 0.3) is 0 Å². The fraction of sp³-hybridized carbons (Fsp3) is 0.240. The number of halogens is 2. The average Bonchev–Trinajstić information content (AvgIpc) is 3.30. The van der Waals surface area contributed by atoms with Gasteiger partial charge in [-0.05, 0) is 57.0 Å². The van der Waals surface area contributed by atoms with Gasteiger partial charge in [0.15, 0.2) is 5.69 Å². The summed E-state index contributed by atoms with van der Waals surface area (Å²) in [6.45, 7) is 8.10. The molecule has 0 saturated carbocycles. The van der Waals surface area contributed by atoms with Crippen molar-refractivity contribution in [2.75, 3.05) is 5.32 Å². The van der Waals surface area contributed by atoms with Crippen LogP contribution in [0.3, 0.4) is 0 Å². The third-order valence-corrected chi connectivity index (χ3v) is 6.34. The van der Waals surface area contributed by atoms with Gasteiger partial charge in [0.05, 0.1) is 39.2 Å². The molecule has 4 aromatic rings. The maximum absolute atomic E-state index is 13.1. The molecular formula is C25H24Cl2N4O3. The van der Waals surface area contributed by atoms with Crippen LogP contribution in [0.1, 0.15) is 44.3 Å². The van der Waals surface area contributed by atoms with Crippen molar-refractivity contribution in [3.05, 3.63) is 92.0 Å². The third kappa shape index (κ3) is 4.95. The molecule has 0 unspecified atom stereocenters. The molecule has 9 heteroatoms. The summed E-state index contributed by atoms with van der Waals surface area (Å²) in [6, 6.07) is 13.1. The standard InChI is InChI=1S/C25H24Cl2N4O3/c1-14-7-5-6-8-22(14)33-13-19-17(4)34-30-24(19)25(32)28-23-15(2)29-31(16(23)3)12-18-9-10-20(26)21(27)11-18/h5-11H,12-13H2,1-4H3,(H,28,32). The summed E-state index contributed by atoms with van der Waals surface area (Å²) in [4.78, 5) is 13.1. The number of carbonyl (C=O) groups excluding carboxylic acids is 1. The Bertz CT molecular complexity index is 1360. The second-order valence-electron chi connectivity index (χ2n) is 8.03. The van der Waals surface area contributed by atoms with Crippen molar-refractivity contribution in [3.8, 4) is 5.75 Å². The molecule has 1 N–H and O–H groups in total. The minimum Gasteiger partial charge on any atom is -0.488 e. The van der Waals surface area contributed by atoms with Crippen LogP contribution in [-0.4, -0.2) is 20.8 Å². The SMILES string of the molecule is Cc1ccccc1OCc1c(C(=O)Nc2c(C)nn(Cc3ccc(Cl)c(Cl)c3)c2C)noc1C. The first-order valence-corrected chi connectivity index (χ1v) is 11.4. The van der Waals surface area contributed by atoms with Crippen LogP contribution in [0.4, 0.5) is 5.69 Å². The van der Waals surface area contributed by atoms with Gasteiger partial charge in [0.1, 0.15) is 18.1 Å². The molecule has 0 aliphatic heterocycles. The molecule has 2 aromatic heterocycles. The Morgan fingerprint density at radius 3 is 2.59 bits per heavy atom. The van der Waals surface area contributed by atoms with Gasteiger partial charge >= 0.3 is 0 Å². The molecular weight excluding hydrogens is 475 g/mol. The lowest BCUT2D eigenvalue weighted by molar-refractivity contribution is 0.101. The number of hydrogen-bond acceptors (Lipinski definition) is 5. The van der Waals surface area contributed by atoms with Crippen molar-refractivity contribution in [1.29, 1.82) is 0 Å². The van der Waals surface area contributed by atoms with Gasteiger partial charge in [-0.3, -0.25) is 9.48 Å². The predicted molar refractivity (Wildman–Crippen MR) is 132 cm³/mol. The van der Waals surface area contributed by atoms with Crippen LogP contribution < -0.4 is 10.1 Å². The van der Waals surface area contributed by atoms with Gasteiger partial charge in [0.2, 0.25) is 0 Å². The molecule has 0 atom stereocenters. The molecule has 176 valence electrons. The first-order valence-electron chi connectivity index (χ1n) is 10.7. The molecule has 1 amide bonds. The van der Waals surface area contributed by atoms with Crippen molar-refractivity contribution < 1.29 is 14.1 Å². The van der Waals surface area contributed by atoms with E-state index in [-0.39, 0.29) is 18.2 Å². The van der Waals surface area contributed by atoms with Crippen LogP contribution in [0.15, 0.2) is 47.0 Å². The van der Waals surface area contributed by atoms with E-state index in [9.17, 15) is 4.79 Å². The molecule has 0 bridgehead atoms. The smallest absolute Gasteiger partial charge is 0.278 e. The Hall–Kier alpha value is -3.29. The molecule has 0 saturated heterocycles. The van der Waals surface area contributed by atoms with E-state index in [4.69, 9.17) is 32.5 Å². The molecule has 0 aliphatic carbocycles. The largest absolute Gasteiger partial charge is 0.488 e. The Morgan fingerprint density at radius 1 is 1.09 bits per heavy atom. The Kier molecular flexibility index (Phi) is 6.95. The minimum atomic E-state index is -0.388. The number of anilines is 1. The lowest BCUT2D eigenvalue weighted by Gasteiger charge is -2.10. The number of aryl methyl sites for hydroxylation is 3. The van der Waals surface area contributed by atoms with E-state index in [1.807, 2.05) is 51.1 Å². The van der Waals surface area contributed by atoms with Crippen LogP contribution in [0.5, 0.6) is 5.75 Å². The van der Waals surface area contributed by atoms with Crippen molar-refractivity contribution in [2.45, 2.75) is 40.8 Å². The second kappa shape index (κ2) is 9.91. The highest BCUT2D eigenvalue weighted by atomic mass is 35.5. The van der Waals surface area contributed by atoms with E-state index in [0.29, 0.717) is 39.3 Å². The highest BCUT2D eigenvalue weighted by Gasteiger charge is 2.23. The summed E-state index contributed by atoms with van der Waals surface area (Å²) < 4.78 is 13.0. The Morgan fingerprint density at radius 2 is 1.85 bits per heavy atom. The number of amides is 1. The summed E-state index contributed by atoms with van der Waals surface area (Å²) in [6.07, 6.45) is 0. The van der Waals surface area contributed by atoms with Crippen molar-refractivity contribution >= 4 is 34.8 Å². The quantitative estimate of drug-likeness (QED) is 0.323. The van der Waals surface area contributed by atoms with E-state index in [1.54, 1.807) is 23.7 Å². The number of rotatable bonds is 7. The molecule has 0 radical (unpaired) electrons. The Balaban J connectivity index is 1.52. The van der Waals surface area contributed by atoms with Gasteiger partial charge in [-0.15, -0.1) is 0 Å². The predicted octanol–water partition coefficient (Wildman–Crippen LogP) is 6.29. The van der Waals surface area contributed by atoms with Gasteiger partial charge in [0, 0.05) is 0 Å². The molecule has 7 nitrogen and oxygen atoms in total. The van der Waals surface area contributed by atoms with E-state index in [2.05, 4.69) is 15.6 Å². The molecule has 4 rings (SSSR count). The average molecular weight is 499 g/mol. The number of nitrogens with zero attached hydrogens (tertiary/aromatic N) is 3. The second-order valence-corrected chi connectivity index (χ2v) is 8.84. The van der Waals surface area contributed by atoms with Gasteiger partial charge in [-0.25, -0.2) is 0 Å². The first kappa shape index (κ1) is 23.9. The summed E-state index contributed by atoms with van der Waals surface area (Å²) in [7, 11) is 0. The molecule has 0 fully saturated rings. The number of para-hydroxylation sites is 1. The zero-order valence-electron chi connectivity index (χ0n) is 19.3. The minimum absolute atomic E-state index is 0.164. The summed E-state index contributed by atoms with van der Waals surface area (Å²) >= 11 is 12.2. The summed E-state index contributed by atoms with van der Waals surface area (Å²) in [5.41, 5.74) is 4.83. The number of aromatic nitrogens is 3. The van der Waals surface area contributed by atoms with Gasteiger partial charge < -0.3 is 14.6 Å². The fourth-order valence-electron chi connectivity index (χ4n) is 3.62.